The molecule has 2 amide bonds. The molecule has 4 N–H and O–H groups in total. The molecule has 0 aliphatic carbocycles. The molecule has 59 heavy (non-hydrogen) atoms. The monoisotopic (exact) mass is 811 g/mol. The van der Waals surface area contributed by atoms with E-state index in [-0.39, 0.29) is 37.0 Å². The van der Waals surface area contributed by atoms with Crippen molar-refractivity contribution in [2.45, 2.75) is 81.8 Å². The molecule has 0 bridgehead atoms. The number of hydrogen-bond donors (Lipinski definition) is 4. The molecule has 5 aromatic carbocycles. The Morgan fingerprint density at radius 2 is 1.34 bits per heavy atom. The van der Waals surface area contributed by atoms with Gasteiger partial charge in [0.1, 0.15) is 5.69 Å². The summed E-state index contributed by atoms with van der Waals surface area (Å²) in [5, 5.41) is 21.9. The molecule has 0 unspecified atom stereocenters. The number of aliphatic hydroxyl groups excluding tert-OH is 1. The normalized spacial score (nSPS) is 16.4. The number of benzene rings is 5. The van der Waals surface area contributed by atoms with Gasteiger partial charge in [0.2, 0.25) is 11.8 Å². The van der Waals surface area contributed by atoms with Crippen molar-refractivity contribution in [3.63, 3.8) is 0 Å². The van der Waals surface area contributed by atoms with Gasteiger partial charge in [-0.2, -0.15) is 0 Å². The highest BCUT2D eigenvalue weighted by molar-refractivity contribution is 7.99. The van der Waals surface area contributed by atoms with Crippen molar-refractivity contribution in [3.8, 4) is 33.7 Å². The van der Waals surface area contributed by atoms with E-state index >= 15 is 0 Å². The van der Waals surface area contributed by atoms with Gasteiger partial charge < -0.3 is 24.3 Å². The number of hydroxylamine groups is 1. The fourth-order valence-electron chi connectivity index (χ4n) is 7.12. The molecule has 11 heteroatoms. The van der Waals surface area contributed by atoms with Crippen LogP contribution < -0.4 is 10.8 Å². The van der Waals surface area contributed by atoms with E-state index in [1.54, 1.807) is 5.48 Å². The minimum absolute atomic E-state index is 0.0125. The predicted molar refractivity (Wildman–Crippen MR) is 228 cm³/mol. The molecule has 6 aromatic rings. The second-order valence-electron chi connectivity index (χ2n) is 14.6. The highest BCUT2D eigenvalue weighted by Gasteiger charge is 2.33. The Morgan fingerprint density at radius 1 is 0.678 bits per heavy atom. The lowest BCUT2D eigenvalue weighted by Crippen LogP contribution is -2.31. The molecule has 0 saturated carbocycles. The second-order valence-corrected chi connectivity index (χ2v) is 15.6. The first-order valence-corrected chi connectivity index (χ1v) is 21.1. The number of oxazole rings is 1. The number of carbonyl (C=O) groups is 2. The van der Waals surface area contributed by atoms with E-state index in [0.717, 1.165) is 75.2 Å². The third-order valence-electron chi connectivity index (χ3n) is 10.3. The fraction of sp³-hybridized carbons (Fsp3) is 0.271. The Hall–Kier alpha value is -5.56. The maximum atomic E-state index is 12.6. The van der Waals surface area contributed by atoms with Crippen molar-refractivity contribution in [1.29, 1.82) is 0 Å². The van der Waals surface area contributed by atoms with Crippen LogP contribution in [0.4, 0.5) is 0 Å². The summed E-state index contributed by atoms with van der Waals surface area (Å²) in [6.07, 6.45) is 3.31. The van der Waals surface area contributed by atoms with Gasteiger partial charge in [-0.1, -0.05) is 146 Å². The van der Waals surface area contributed by atoms with Gasteiger partial charge in [0.05, 0.1) is 18.8 Å². The van der Waals surface area contributed by atoms with Gasteiger partial charge in [-0.3, -0.25) is 14.8 Å². The van der Waals surface area contributed by atoms with Crippen molar-refractivity contribution in [2.24, 2.45) is 0 Å². The van der Waals surface area contributed by atoms with E-state index in [1.165, 1.54) is 11.8 Å². The van der Waals surface area contributed by atoms with Crippen LogP contribution in [0.25, 0.3) is 33.7 Å². The molecule has 7 rings (SSSR count). The number of carbonyl (C=O) groups excluding carboxylic acids is 2. The lowest BCUT2D eigenvalue weighted by Gasteiger charge is -2.36. The zero-order valence-electron chi connectivity index (χ0n) is 32.8. The Bertz CT molecular complexity index is 2210. The first-order chi connectivity index (χ1) is 28.9. The molecule has 3 atom stereocenters. The summed E-state index contributed by atoms with van der Waals surface area (Å²) in [6, 6.07) is 44.3. The topological polar surface area (TPSA) is 143 Å². The van der Waals surface area contributed by atoms with Gasteiger partial charge in [0.15, 0.2) is 12.1 Å². The summed E-state index contributed by atoms with van der Waals surface area (Å²) in [5.41, 5.74) is 10.1. The van der Waals surface area contributed by atoms with Gasteiger partial charge in [-0.05, 0) is 52.8 Å². The van der Waals surface area contributed by atoms with Gasteiger partial charge in [0.25, 0.3) is 5.22 Å². The number of nitrogens with zero attached hydrogens (tertiary/aromatic N) is 1. The molecule has 1 aliphatic heterocycles. The number of nitrogens with one attached hydrogen (secondary N) is 2. The van der Waals surface area contributed by atoms with Crippen LogP contribution >= 0.6 is 11.8 Å². The first-order valence-electron chi connectivity index (χ1n) is 20.1. The van der Waals surface area contributed by atoms with Crippen LogP contribution in [0.1, 0.15) is 79.6 Å². The molecule has 2 heterocycles. The van der Waals surface area contributed by atoms with Crippen LogP contribution in [0.3, 0.4) is 0 Å². The van der Waals surface area contributed by atoms with Crippen LogP contribution in [0.15, 0.2) is 143 Å². The largest absolute Gasteiger partial charge is 0.431 e. The molecule has 1 saturated heterocycles. The van der Waals surface area contributed by atoms with Crippen LogP contribution in [-0.4, -0.2) is 39.0 Å². The quantitative estimate of drug-likeness (QED) is 0.0289. The first kappa shape index (κ1) is 41.6. The highest BCUT2D eigenvalue weighted by Crippen LogP contribution is 2.41. The van der Waals surface area contributed by atoms with Gasteiger partial charge in [-0.25, -0.2) is 10.5 Å². The Morgan fingerprint density at radius 3 is 2.05 bits per heavy atom. The number of rotatable bonds is 18. The maximum absolute atomic E-state index is 12.6. The number of aliphatic hydroxyl groups is 1. The van der Waals surface area contributed by atoms with Crippen LogP contribution in [0.5, 0.6) is 0 Å². The number of aromatic nitrogens is 1. The molecule has 0 spiro atoms. The summed E-state index contributed by atoms with van der Waals surface area (Å²) < 4.78 is 19.9. The van der Waals surface area contributed by atoms with Crippen molar-refractivity contribution in [3.05, 3.63) is 156 Å². The molecule has 0 radical (unpaired) electrons. The molecule has 304 valence electrons. The fourth-order valence-corrected chi connectivity index (χ4v) is 7.96. The zero-order chi connectivity index (χ0) is 40.8. The molecule has 1 aromatic heterocycles. The molecular weight excluding hydrogens is 763 g/mol. The maximum Gasteiger partial charge on any atom is 0.256 e. The van der Waals surface area contributed by atoms with Crippen molar-refractivity contribution >= 4 is 23.6 Å². The second kappa shape index (κ2) is 20.9. The van der Waals surface area contributed by atoms with E-state index in [0.29, 0.717) is 36.8 Å². The zero-order valence-corrected chi connectivity index (χ0v) is 33.6. The van der Waals surface area contributed by atoms with Gasteiger partial charge >= 0.3 is 0 Å². The minimum Gasteiger partial charge on any atom is -0.431 e. The van der Waals surface area contributed by atoms with Crippen molar-refractivity contribution < 1.29 is 33.8 Å². The number of unbranched alkanes of at least 4 members (excludes halogenated alkanes) is 3. The van der Waals surface area contributed by atoms with Crippen LogP contribution in [0, 0.1) is 0 Å². The van der Waals surface area contributed by atoms with Gasteiger partial charge in [-0.15, -0.1) is 0 Å². The highest BCUT2D eigenvalue weighted by atomic mass is 32.2. The van der Waals surface area contributed by atoms with E-state index in [1.807, 2.05) is 109 Å². The van der Waals surface area contributed by atoms with E-state index in [2.05, 4.69) is 29.6 Å². The van der Waals surface area contributed by atoms with Crippen molar-refractivity contribution in [1.82, 2.24) is 15.8 Å². The van der Waals surface area contributed by atoms with Gasteiger partial charge in [0, 0.05) is 48.3 Å². The lowest BCUT2D eigenvalue weighted by atomic mass is 9.99. The van der Waals surface area contributed by atoms with E-state index in [4.69, 9.17) is 24.1 Å². The summed E-state index contributed by atoms with van der Waals surface area (Å²) >= 11 is 1.53. The molecule has 10 nitrogen and oxygen atoms in total. The minimum atomic E-state index is -0.643. The Labute approximate surface area is 349 Å². The van der Waals surface area contributed by atoms with E-state index in [9.17, 15) is 14.7 Å². The van der Waals surface area contributed by atoms with Crippen LogP contribution in [-0.2, 0) is 32.2 Å². The summed E-state index contributed by atoms with van der Waals surface area (Å²) in [6.45, 7) is 0.387. The summed E-state index contributed by atoms with van der Waals surface area (Å²) in [4.78, 5) is 28.7. The molecule has 1 fully saturated rings. The third kappa shape index (κ3) is 11.6. The predicted octanol–water partition coefficient (Wildman–Crippen LogP) is 9.97. The third-order valence-corrected chi connectivity index (χ3v) is 11.2. The number of amides is 2. The Kier molecular flexibility index (Phi) is 14.7. The average Bonchev–Trinajstić information content (AvgIpc) is 3.74. The summed E-state index contributed by atoms with van der Waals surface area (Å²) in [7, 11) is 0. The number of thioether (sulfide) groups is 1. The van der Waals surface area contributed by atoms with Crippen molar-refractivity contribution in [2.75, 3.05) is 5.75 Å². The van der Waals surface area contributed by atoms with Crippen LogP contribution in [0.2, 0.25) is 0 Å². The molecular formula is C48H49N3O7S. The SMILES string of the molecule is O=C(CCCCCCC(=O)NCc1cccc(-c2cccc([C@@H]3O[C@H](CSc4nc(-c5ccccc5)c(-c5ccccc5)o4)C[C@H](c4ccc(CO)cc4)O3)c2)c1)NO. The van der Waals surface area contributed by atoms with E-state index < -0.39 is 6.29 Å². The molecule has 1 aliphatic rings. The standard InChI is InChI=1S/C48H49N3O7S/c52-31-33-23-25-35(26-24-33)42-29-41(32-59-48-50-45(36-14-5-3-6-15-36)46(58-48)37-16-7-4-8-17-37)56-47(57-42)40-20-12-19-39(28-40)38-18-11-13-34(27-38)30-49-43(53)21-9-1-2-10-22-44(54)51-55/h3-8,11-20,23-28,41-42,47,52,55H,1-2,9-10,21-22,29-32H2,(H,49,53)(H,51,54)/t41-,42+,47+/m0/s1. The lowest BCUT2D eigenvalue weighted by molar-refractivity contribution is -0.245. The number of ether oxygens (including phenoxy) is 2. The number of hydrogen-bond acceptors (Lipinski definition) is 9. The average molecular weight is 812 g/mol. The smallest absolute Gasteiger partial charge is 0.256 e. The summed E-state index contributed by atoms with van der Waals surface area (Å²) in [5.74, 6) is 0.916. The Balaban J connectivity index is 1.04.